The smallest absolute Gasteiger partial charge is 0.253 e. The maximum atomic E-state index is 13.0. The normalized spacial score (nSPS) is 14.0. The molecule has 1 aliphatic rings. The van der Waals surface area contributed by atoms with Crippen molar-refractivity contribution in [1.82, 2.24) is 19.9 Å². The topological polar surface area (TPSA) is 71.5 Å². The van der Waals surface area contributed by atoms with Gasteiger partial charge in [0.25, 0.3) is 5.91 Å². The highest BCUT2D eigenvalue weighted by atomic mass is 16.5. The lowest BCUT2D eigenvalue weighted by atomic mass is 10.0. The number of nitrogens with zero attached hydrogens (tertiary/aromatic N) is 5. The van der Waals surface area contributed by atoms with Crippen LogP contribution in [0.1, 0.15) is 10.4 Å². The minimum atomic E-state index is 0.0310. The summed E-state index contributed by atoms with van der Waals surface area (Å²) in [4.78, 5) is 29.7. The number of carbonyl (C=O) groups is 1. The fourth-order valence-corrected chi connectivity index (χ4v) is 3.35. The van der Waals surface area contributed by atoms with Gasteiger partial charge in [-0.3, -0.25) is 9.78 Å². The average Bonchev–Trinajstić information content (AvgIpc) is 2.79. The molecule has 28 heavy (non-hydrogen) atoms. The zero-order valence-electron chi connectivity index (χ0n) is 15.7. The molecule has 1 saturated heterocycles. The Morgan fingerprint density at radius 3 is 2.54 bits per heavy atom. The van der Waals surface area contributed by atoms with Crippen LogP contribution in [0.5, 0.6) is 5.75 Å². The van der Waals surface area contributed by atoms with Crippen molar-refractivity contribution in [2.45, 2.75) is 0 Å². The van der Waals surface area contributed by atoms with Gasteiger partial charge in [-0.2, -0.15) is 0 Å². The molecule has 1 fully saturated rings. The first-order valence-corrected chi connectivity index (χ1v) is 9.16. The quantitative estimate of drug-likeness (QED) is 0.698. The van der Waals surface area contributed by atoms with Gasteiger partial charge < -0.3 is 14.5 Å². The zero-order chi connectivity index (χ0) is 19.3. The number of ether oxygens (including phenoxy) is 1. The maximum Gasteiger partial charge on any atom is 0.253 e. The summed E-state index contributed by atoms with van der Waals surface area (Å²) in [6.07, 6.45) is 6.86. The number of methoxy groups -OCH3 is 1. The third kappa shape index (κ3) is 3.64. The van der Waals surface area contributed by atoms with E-state index in [1.54, 1.807) is 38.0 Å². The summed E-state index contributed by atoms with van der Waals surface area (Å²) in [5.41, 5.74) is 2.51. The van der Waals surface area contributed by atoms with Gasteiger partial charge in [0.1, 0.15) is 5.75 Å². The van der Waals surface area contributed by atoms with Crippen molar-refractivity contribution in [2.75, 3.05) is 38.2 Å². The number of hydrogen-bond acceptors (Lipinski definition) is 6. The van der Waals surface area contributed by atoms with E-state index in [-0.39, 0.29) is 5.91 Å². The van der Waals surface area contributed by atoms with E-state index >= 15 is 0 Å². The van der Waals surface area contributed by atoms with E-state index in [2.05, 4.69) is 19.9 Å². The Labute approximate surface area is 163 Å². The van der Waals surface area contributed by atoms with Crippen LogP contribution in [0.4, 0.5) is 5.95 Å². The van der Waals surface area contributed by atoms with Crippen molar-refractivity contribution in [3.63, 3.8) is 0 Å². The van der Waals surface area contributed by atoms with Crippen LogP contribution in [0.3, 0.4) is 0 Å². The molecule has 0 bridgehead atoms. The number of anilines is 1. The van der Waals surface area contributed by atoms with Gasteiger partial charge in [0.15, 0.2) is 0 Å². The molecule has 7 heteroatoms. The standard InChI is InChI=1S/C21H21N5O2/c1-28-19-15-22-9-6-18(19)16-4-2-5-17(14-16)20(27)25-10-12-26(13-11-25)21-23-7-3-8-24-21/h2-9,14-15H,10-13H2,1H3. The van der Waals surface area contributed by atoms with Crippen molar-refractivity contribution in [1.29, 1.82) is 0 Å². The number of hydrogen-bond donors (Lipinski definition) is 0. The SMILES string of the molecule is COc1cnccc1-c1cccc(C(=O)N2CCN(c3ncccn3)CC2)c1. The van der Waals surface area contributed by atoms with Gasteiger partial charge in [-0.05, 0) is 29.8 Å². The van der Waals surface area contributed by atoms with Crippen LogP contribution < -0.4 is 9.64 Å². The number of rotatable bonds is 4. The molecule has 3 heterocycles. The summed E-state index contributed by atoms with van der Waals surface area (Å²) >= 11 is 0. The molecule has 0 saturated carbocycles. The van der Waals surface area contributed by atoms with E-state index in [9.17, 15) is 4.79 Å². The van der Waals surface area contributed by atoms with Gasteiger partial charge in [-0.25, -0.2) is 9.97 Å². The summed E-state index contributed by atoms with van der Waals surface area (Å²) in [6.45, 7) is 2.71. The molecule has 3 aromatic rings. The third-order valence-electron chi connectivity index (χ3n) is 4.83. The number of benzene rings is 1. The highest BCUT2D eigenvalue weighted by Gasteiger charge is 2.23. The molecule has 0 unspecified atom stereocenters. The Hall–Kier alpha value is -3.48. The molecule has 142 valence electrons. The second-order valence-electron chi connectivity index (χ2n) is 6.48. The van der Waals surface area contributed by atoms with Gasteiger partial charge in [0.05, 0.1) is 13.3 Å². The first-order chi connectivity index (χ1) is 13.8. The van der Waals surface area contributed by atoms with Gasteiger partial charge in [-0.1, -0.05) is 12.1 Å². The zero-order valence-corrected chi connectivity index (χ0v) is 15.7. The lowest BCUT2D eigenvalue weighted by Crippen LogP contribution is -2.49. The van der Waals surface area contributed by atoms with E-state index in [1.165, 1.54) is 0 Å². The first-order valence-electron chi connectivity index (χ1n) is 9.16. The third-order valence-corrected chi connectivity index (χ3v) is 4.83. The Kier molecular flexibility index (Phi) is 5.14. The van der Waals surface area contributed by atoms with Gasteiger partial charge in [0, 0.05) is 55.9 Å². The number of carbonyl (C=O) groups excluding carboxylic acids is 1. The minimum absolute atomic E-state index is 0.0310. The highest BCUT2D eigenvalue weighted by Crippen LogP contribution is 2.29. The van der Waals surface area contributed by atoms with Crippen LogP contribution in [0.2, 0.25) is 0 Å². The summed E-state index contributed by atoms with van der Waals surface area (Å²) in [7, 11) is 1.62. The molecular weight excluding hydrogens is 354 g/mol. The van der Waals surface area contributed by atoms with Crippen molar-refractivity contribution in [3.05, 3.63) is 66.7 Å². The van der Waals surface area contributed by atoms with Crippen LogP contribution in [0.15, 0.2) is 61.2 Å². The van der Waals surface area contributed by atoms with Crippen molar-refractivity contribution in [3.8, 4) is 16.9 Å². The van der Waals surface area contributed by atoms with Gasteiger partial charge >= 0.3 is 0 Å². The molecule has 1 aliphatic heterocycles. The fraction of sp³-hybridized carbons (Fsp3) is 0.238. The molecule has 7 nitrogen and oxygen atoms in total. The second kappa shape index (κ2) is 8.04. The van der Waals surface area contributed by atoms with Gasteiger partial charge in [-0.15, -0.1) is 0 Å². The molecule has 2 aromatic heterocycles. The van der Waals surface area contributed by atoms with Crippen molar-refractivity contribution in [2.24, 2.45) is 0 Å². The average molecular weight is 375 g/mol. The molecular formula is C21H21N5O2. The molecule has 0 spiro atoms. The number of pyridine rings is 1. The highest BCUT2D eigenvalue weighted by molar-refractivity contribution is 5.95. The Balaban J connectivity index is 1.49. The lowest BCUT2D eigenvalue weighted by Gasteiger charge is -2.34. The van der Waals surface area contributed by atoms with Crippen LogP contribution in [-0.4, -0.2) is 59.0 Å². The van der Waals surface area contributed by atoms with Crippen LogP contribution >= 0.6 is 0 Å². The fourth-order valence-electron chi connectivity index (χ4n) is 3.35. The van der Waals surface area contributed by atoms with Crippen molar-refractivity contribution < 1.29 is 9.53 Å². The predicted molar refractivity (Wildman–Crippen MR) is 106 cm³/mol. The van der Waals surface area contributed by atoms with E-state index in [4.69, 9.17) is 4.74 Å². The van der Waals surface area contributed by atoms with E-state index in [1.807, 2.05) is 35.2 Å². The molecule has 1 amide bonds. The molecule has 0 radical (unpaired) electrons. The monoisotopic (exact) mass is 375 g/mol. The van der Waals surface area contributed by atoms with Gasteiger partial charge in [0.2, 0.25) is 5.95 Å². The molecule has 0 N–H and O–H groups in total. The molecule has 1 aromatic carbocycles. The van der Waals surface area contributed by atoms with Crippen LogP contribution in [0, 0.1) is 0 Å². The summed E-state index contributed by atoms with van der Waals surface area (Å²) in [5.74, 6) is 1.42. The predicted octanol–water partition coefficient (Wildman–Crippen LogP) is 2.51. The number of amides is 1. The number of aromatic nitrogens is 3. The maximum absolute atomic E-state index is 13.0. The minimum Gasteiger partial charge on any atom is -0.494 e. The summed E-state index contributed by atoms with van der Waals surface area (Å²) < 4.78 is 5.40. The molecule has 4 rings (SSSR count). The summed E-state index contributed by atoms with van der Waals surface area (Å²) in [5, 5.41) is 0. The lowest BCUT2D eigenvalue weighted by molar-refractivity contribution is 0.0746. The van der Waals surface area contributed by atoms with E-state index in [0.29, 0.717) is 43.4 Å². The Morgan fingerprint density at radius 2 is 1.79 bits per heavy atom. The Bertz CT molecular complexity index is 956. The number of piperazine rings is 1. The van der Waals surface area contributed by atoms with Crippen molar-refractivity contribution >= 4 is 11.9 Å². The summed E-state index contributed by atoms with van der Waals surface area (Å²) in [6, 6.07) is 11.3. The molecule has 0 aliphatic carbocycles. The van der Waals surface area contributed by atoms with E-state index in [0.717, 1.165) is 11.1 Å². The largest absolute Gasteiger partial charge is 0.494 e. The van der Waals surface area contributed by atoms with Crippen LogP contribution in [-0.2, 0) is 0 Å². The first kappa shape index (κ1) is 17.9. The Morgan fingerprint density at radius 1 is 1.00 bits per heavy atom. The van der Waals surface area contributed by atoms with E-state index < -0.39 is 0 Å². The second-order valence-corrected chi connectivity index (χ2v) is 6.48. The molecule has 0 atom stereocenters. The van der Waals surface area contributed by atoms with Crippen LogP contribution in [0.25, 0.3) is 11.1 Å².